The Labute approximate surface area is 109 Å². The average Bonchev–Trinajstić information content (AvgIpc) is 2.40. The van der Waals surface area contributed by atoms with Gasteiger partial charge in [-0.25, -0.2) is 0 Å². The van der Waals surface area contributed by atoms with Crippen LogP contribution in [-0.2, 0) is 4.74 Å². The number of fused-ring (bicyclic) bond motifs is 1. The van der Waals surface area contributed by atoms with Crippen molar-refractivity contribution in [2.45, 2.75) is 26.0 Å². The van der Waals surface area contributed by atoms with Crippen LogP contribution in [0.15, 0.2) is 42.5 Å². The second-order valence-electron chi connectivity index (χ2n) is 4.50. The topological polar surface area (TPSA) is 21.3 Å². The fraction of sp³-hybridized carbons (Fsp3) is 0.375. The summed E-state index contributed by atoms with van der Waals surface area (Å²) < 4.78 is 5.74. The Morgan fingerprint density at radius 3 is 2.56 bits per heavy atom. The fourth-order valence-electron chi connectivity index (χ4n) is 2.52. The molecule has 2 rings (SSSR count). The van der Waals surface area contributed by atoms with Crippen LogP contribution in [0.2, 0.25) is 0 Å². The van der Waals surface area contributed by atoms with Crippen LogP contribution in [0, 0.1) is 0 Å². The first-order valence-electron chi connectivity index (χ1n) is 6.54. The SMILES string of the molecule is CCOC(C)C(NC)c1cccc2ccccc12. The van der Waals surface area contributed by atoms with Crippen LogP contribution in [0.4, 0.5) is 0 Å². The van der Waals surface area contributed by atoms with E-state index in [1.54, 1.807) is 0 Å². The van der Waals surface area contributed by atoms with E-state index < -0.39 is 0 Å². The third kappa shape index (κ3) is 2.55. The minimum absolute atomic E-state index is 0.158. The fourth-order valence-corrected chi connectivity index (χ4v) is 2.52. The van der Waals surface area contributed by atoms with Gasteiger partial charge in [0.2, 0.25) is 0 Å². The van der Waals surface area contributed by atoms with Crippen molar-refractivity contribution >= 4 is 10.8 Å². The van der Waals surface area contributed by atoms with Crippen LogP contribution in [0.5, 0.6) is 0 Å². The maximum absolute atomic E-state index is 5.74. The van der Waals surface area contributed by atoms with Crippen LogP contribution in [0.25, 0.3) is 10.8 Å². The van der Waals surface area contributed by atoms with Gasteiger partial charge in [0.1, 0.15) is 0 Å². The molecule has 0 spiro atoms. The van der Waals surface area contributed by atoms with Crippen molar-refractivity contribution in [3.05, 3.63) is 48.0 Å². The van der Waals surface area contributed by atoms with E-state index in [1.165, 1.54) is 16.3 Å². The summed E-state index contributed by atoms with van der Waals surface area (Å²) in [5.41, 5.74) is 1.30. The molecule has 2 aromatic carbocycles. The number of rotatable bonds is 5. The van der Waals surface area contributed by atoms with Crippen molar-refractivity contribution in [3.63, 3.8) is 0 Å². The van der Waals surface area contributed by atoms with Gasteiger partial charge in [-0.3, -0.25) is 0 Å². The highest BCUT2D eigenvalue weighted by Crippen LogP contribution is 2.27. The quantitative estimate of drug-likeness (QED) is 0.867. The number of ether oxygens (including phenoxy) is 1. The standard InChI is InChI=1S/C16H21NO/c1-4-18-12(2)16(17-3)15-11-7-9-13-8-5-6-10-14(13)15/h5-12,16-17H,4H2,1-3H3. The minimum Gasteiger partial charge on any atom is -0.377 e. The van der Waals surface area contributed by atoms with Crippen LogP contribution < -0.4 is 5.32 Å². The predicted octanol–water partition coefficient (Wildman–Crippen LogP) is 3.53. The summed E-state index contributed by atoms with van der Waals surface area (Å²) in [5.74, 6) is 0. The number of hydrogen-bond donors (Lipinski definition) is 1. The molecule has 0 bridgehead atoms. The largest absolute Gasteiger partial charge is 0.377 e. The van der Waals surface area contributed by atoms with Gasteiger partial charge in [0.15, 0.2) is 0 Å². The molecule has 2 aromatic rings. The highest BCUT2D eigenvalue weighted by atomic mass is 16.5. The summed E-state index contributed by atoms with van der Waals surface area (Å²) in [5, 5.41) is 5.94. The molecule has 96 valence electrons. The number of nitrogens with one attached hydrogen (secondary N) is 1. The molecule has 0 heterocycles. The molecule has 0 aliphatic heterocycles. The van der Waals surface area contributed by atoms with Gasteiger partial charge in [0.05, 0.1) is 12.1 Å². The number of likely N-dealkylation sites (N-methyl/N-ethyl adjacent to an activating group) is 1. The summed E-state index contributed by atoms with van der Waals surface area (Å²) >= 11 is 0. The van der Waals surface area contributed by atoms with Crippen molar-refractivity contribution < 1.29 is 4.74 Å². The second kappa shape index (κ2) is 5.98. The molecular weight excluding hydrogens is 222 g/mol. The van der Waals surface area contributed by atoms with Crippen molar-refractivity contribution in [1.29, 1.82) is 0 Å². The molecule has 0 fully saturated rings. The molecular formula is C16H21NO. The lowest BCUT2D eigenvalue weighted by Crippen LogP contribution is -2.29. The maximum atomic E-state index is 5.74. The zero-order valence-electron chi connectivity index (χ0n) is 11.3. The molecule has 2 atom stereocenters. The van der Waals surface area contributed by atoms with Crippen molar-refractivity contribution in [3.8, 4) is 0 Å². The predicted molar refractivity (Wildman–Crippen MR) is 76.8 cm³/mol. The van der Waals surface area contributed by atoms with Gasteiger partial charge < -0.3 is 10.1 Å². The molecule has 0 radical (unpaired) electrons. The highest BCUT2D eigenvalue weighted by molar-refractivity contribution is 5.86. The van der Waals surface area contributed by atoms with E-state index in [0.29, 0.717) is 0 Å². The van der Waals surface area contributed by atoms with Gasteiger partial charge in [-0.05, 0) is 37.2 Å². The van der Waals surface area contributed by atoms with Gasteiger partial charge in [0, 0.05) is 6.61 Å². The molecule has 0 saturated heterocycles. The van der Waals surface area contributed by atoms with E-state index in [0.717, 1.165) is 6.61 Å². The van der Waals surface area contributed by atoms with Gasteiger partial charge in [0.25, 0.3) is 0 Å². The molecule has 2 nitrogen and oxygen atoms in total. The molecule has 0 aliphatic rings. The van der Waals surface area contributed by atoms with Crippen LogP contribution in [-0.4, -0.2) is 19.8 Å². The third-order valence-electron chi connectivity index (χ3n) is 3.37. The van der Waals surface area contributed by atoms with E-state index in [9.17, 15) is 0 Å². The van der Waals surface area contributed by atoms with Crippen LogP contribution in [0.3, 0.4) is 0 Å². The Bertz CT molecular complexity index is 504. The van der Waals surface area contributed by atoms with Crippen molar-refractivity contribution in [2.75, 3.05) is 13.7 Å². The van der Waals surface area contributed by atoms with E-state index >= 15 is 0 Å². The monoisotopic (exact) mass is 243 g/mol. The normalized spacial score (nSPS) is 14.6. The summed E-state index contributed by atoms with van der Waals surface area (Å²) in [6.45, 7) is 4.89. The lowest BCUT2D eigenvalue weighted by atomic mass is 9.96. The Kier molecular flexibility index (Phi) is 4.34. The first-order chi connectivity index (χ1) is 8.77. The van der Waals surface area contributed by atoms with Gasteiger partial charge in [-0.2, -0.15) is 0 Å². The van der Waals surface area contributed by atoms with Crippen LogP contribution in [0.1, 0.15) is 25.5 Å². The molecule has 1 N–H and O–H groups in total. The van der Waals surface area contributed by atoms with Gasteiger partial charge in [-0.15, -0.1) is 0 Å². The van der Waals surface area contributed by atoms with E-state index in [2.05, 4.69) is 54.7 Å². The molecule has 2 heteroatoms. The molecule has 0 aliphatic carbocycles. The molecule has 0 aromatic heterocycles. The molecule has 0 saturated carbocycles. The highest BCUT2D eigenvalue weighted by Gasteiger charge is 2.19. The lowest BCUT2D eigenvalue weighted by Gasteiger charge is -2.25. The smallest absolute Gasteiger partial charge is 0.0741 e. The Morgan fingerprint density at radius 2 is 1.83 bits per heavy atom. The zero-order valence-corrected chi connectivity index (χ0v) is 11.3. The zero-order chi connectivity index (χ0) is 13.0. The average molecular weight is 243 g/mol. The Balaban J connectivity index is 2.44. The number of benzene rings is 2. The lowest BCUT2D eigenvalue weighted by molar-refractivity contribution is 0.0497. The minimum atomic E-state index is 0.158. The molecule has 18 heavy (non-hydrogen) atoms. The van der Waals surface area contributed by atoms with Gasteiger partial charge in [-0.1, -0.05) is 42.5 Å². The summed E-state index contributed by atoms with van der Waals surface area (Å²) in [6.07, 6.45) is 0.158. The Morgan fingerprint density at radius 1 is 1.11 bits per heavy atom. The Hall–Kier alpha value is -1.38. The van der Waals surface area contributed by atoms with Crippen molar-refractivity contribution in [2.24, 2.45) is 0 Å². The van der Waals surface area contributed by atoms with Crippen LogP contribution >= 0.6 is 0 Å². The summed E-state index contributed by atoms with van der Waals surface area (Å²) in [7, 11) is 1.99. The number of hydrogen-bond acceptors (Lipinski definition) is 2. The van der Waals surface area contributed by atoms with Crippen molar-refractivity contribution in [1.82, 2.24) is 5.32 Å². The van der Waals surface area contributed by atoms with E-state index in [4.69, 9.17) is 4.74 Å². The summed E-state index contributed by atoms with van der Waals surface area (Å²) in [6, 6.07) is 15.1. The first-order valence-corrected chi connectivity index (χ1v) is 6.54. The second-order valence-corrected chi connectivity index (χ2v) is 4.50. The molecule has 0 amide bonds. The van der Waals surface area contributed by atoms with Gasteiger partial charge >= 0.3 is 0 Å². The van der Waals surface area contributed by atoms with E-state index in [-0.39, 0.29) is 12.1 Å². The first kappa shape index (κ1) is 13.1. The third-order valence-corrected chi connectivity index (χ3v) is 3.37. The summed E-state index contributed by atoms with van der Waals surface area (Å²) in [4.78, 5) is 0. The van der Waals surface area contributed by atoms with E-state index in [1.807, 2.05) is 14.0 Å². The molecule has 2 unspecified atom stereocenters. The maximum Gasteiger partial charge on any atom is 0.0741 e.